The van der Waals surface area contributed by atoms with Crippen LogP contribution in [0.2, 0.25) is 0 Å². The molecule has 1 saturated heterocycles. The van der Waals surface area contributed by atoms with Gasteiger partial charge in [-0.05, 0) is 18.6 Å². The van der Waals surface area contributed by atoms with Crippen molar-refractivity contribution in [2.45, 2.75) is 36.8 Å². The number of aromatic nitrogens is 1. The summed E-state index contributed by atoms with van der Waals surface area (Å²) < 4.78 is 0. The summed E-state index contributed by atoms with van der Waals surface area (Å²) in [5.41, 5.74) is 0.0522. The summed E-state index contributed by atoms with van der Waals surface area (Å²) in [6.45, 7) is 1.81. The first-order chi connectivity index (χ1) is 10.5. The van der Waals surface area contributed by atoms with Crippen LogP contribution < -0.4 is 0 Å². The third-order valence-electron chi connectivity index (χ3n) is 4.09. The number of carboxylic acids is 1. The van der Waals surface area contributed by atoms with Crippen LogP contribution >= 0.6 is 11.8 Å². The van der Waals surface area contributed by atoms with Crippen molar-refractivity contribution in [3.63, 3.8) is 0 Å². The number of carbonyl (C=O) groups excluding carboxylic acids is 1. The molecule has 6 nitrogen and oxygen atoms in total. The summed E-state index contributed by atoms with van der Waals surface area (Å²) in [5, 5.41) is 19.4. The second-order valence-electron chi connectivity index (χ2n) is 5.34. The first kappa shape index (κ1) is 15.1. The van der Waals surface area contributed by atoms with Crippen LogP contribution in [0.25, 0.3) is 0 Å². The second-order valence-corrected chi connectivity index (χ2v) is 6.51. The number of aliphatic hydroxyl groups excluding tert-OH is 1. The molecule has 22 heavy (non-hydrogen) atoms. The van der Waals surface area contributed by atoms with Gasteiger partial charge in [0, 0.05) is 28.6 Å². The Morgan fingerprint density at radius 3 is 2.77 bits per heavy atom. The van der Waals surface area contributed by atoms with Gasteiger partial charge in [0.2, 0.25) is 5.91 Å². The van der Waals surface area contributed by atoms with Crippen molar-refractivity contribution in [2.24, 2.45) is 5.92 Å². The molecule has 1 amide bonds. The lowest BCUT2D eigenvalue weighted by Gasteiger charge is -2.45. The fourth-order valence-corrected chi connectivity index (χ4v) is 4.10. The lowest BCUT2D eigenvalue weighted by molar-refractivity contribution is -0.162. The van der Waals surface area contributed by atoms with Crippen LogP contribution in [0.4, 0.5) is 0 Å². The van der Waals surface area contributed by atoms with E-state index in [-0.39, 0.29) is 17.6 Å². The lowest BCUT2D eigenvalue weighted by atomic mass is 9.82. The van der Waals surface area contributed by atoms with E-state index in [4.69, 9.17) is 0 Å². The zero-order chi connectivity index (χ0) is 15.9. The molecular weight excluding hydrogens is 304 g/mol. The smallest absolute Gasteiger partial charge is 0.353 e. The molecular formula is C15H16N2O4S. The maximum Gasteiger partial charge on any atom is 0.353 e. The second kappa shape index (κ2) is 5.73. The minimum atomic E-state index is -1.10. The van der Waals surface area contributed by atoms with Crippen molar-refractivity contribution in [3.8, 4) is 0 Å². The molecule has 1 fully saturated rings. The van der Waals surface area contributed by atoms with Gasteiger partial charge in [0.1, 0.15) is 5.70 Å². The number of rotatable bonds is 5. The molecule has 0 aliphatic carbocycles. The average molecular weight is 320 g/mol. The van der Waals surface area contributed by atoms with Crippen molar-refractivity contribution < 1.29 is 19.8 Å². The Kier molecular flexibility index (Phi) is 3.92. The Labute approximate surface area is 131 Å². The number of thioether (sulfide) groups is 1. The van der Waals surface area contributed by atoms with Crippen molar-refractivity contribution in [2.75, 3.05) is 0 Å². The fraction of sp³-hybridized carbons (Fsp3) is 0.400. The molecule has 0 bridgehead atoms. The van der Waals surface area contributed by atoms with Gasteiger partial charge in [-0.15, -0.1) is 0 Å². The van der Waals surface area contributed by atoms with Gasteiger partial charge < -0.3 is 15.1 Å². The van der Waals surface area contributed by atoms with Crippen molar-refractivity contribution in [1.29, 1.82) is 0 Å². The molecule has 0 aromatic carbocycles. The Bertz CT molecular complexity index is 646. The number of amides is 1. The van der Waals surface area contributed by atoms with Crippen molar-refractivity contribution in [3.05, 3.63) is 35.1 Å². The molecule has 2 N–H and O–H groups in total. The predicted octanol–water partition coefficient (Wildman–Crippen LogP) is 1.47. The molecule has 3 rings (SSSR count). The highest BCUT2D eigenvalue weighted by atomic mass is 32.2. The number of β-lactam (4-membered cyclic amide) rings is 1. The number of nitrogens with zero attached hydrogens (tertiary/aromatic N) is 2. The summed E-state index contributed by atoms with van der Waals surface area (Å²) in [5.74, 6) is -1.88. The van der Waals surface area contributed by atoms with Crippen LogP contribution in [0.1, 0.15) is 19.8 Å². The lowest BCUT2D eigenvalue weighted by Crippen LogP contribution is -2.62. The van der Waals surface area contributed by atoms with Crippen LogP contribution in [0.5, 0.6) is 0 Å². The Morgan fingerprint density at radius 2 is 2.18 bits per heavy atom. The van der Waals surface area contributed by atoms with E-state index in [2.05, 4.69) is 4.98 Å². The molecule has 2 aliphatic rings. The number of carbonyl (C=O) groups is 2. The normalized spacial score (nSPS) is 25.0. The van der Waals surface area contributed by atoms with Crippen molar-refractivity contribution >= 4 is 23.6 Å². The van der Waals surface area contributed by atoms with Gasteiger partial charge in [-0.1, -0.05) is 18.7 Å². The topological polar surface area (TPSA) is 90.7 Å². The number of fused-ring (bicyclic) bond motifs is 1. The van der Waals surface area contributed by atoms with E-state index < -0.39 is 18.0 Å². The Hall–Kier alpha value is -1.86. The molecule has 3 heterocycles. The highest BCUT2D eigenvalue weighted by Crippen LogP contribution is 2.48. The van der Waals surface area contributed by atoms with Gasteiger partial charge in [0.15, 0.2) is 0 Å². The molecule has 1 aromatic rings. The van der Waals surface area contributed by atoms with Gasteiger partial charge in [0.25, 0.3) is 0 Å². The summed E-state index contributed by atoms with van der Waals surface area (Å²) in [4.78, 5) is 30.5. The third kappa shape index (κ3) is 2.30. The first-order valence-corrected chi connectivity index (χ1v) is 7.91. The number of carboxylic acid groups (broad SMARTS) is 1. The molecule has 1 unspecified atom stereocenters. The molecule has 116 valence electrons. The Balaban J connectivity index is 1.87. The number of aliphatic carboxylic acids is 1. The summed E-state index contributed by atoms with van der Waals surface area (Å²) >= 11 is 1.34. The maximum atomic E-state index is 12.2. The highest BCUT2D eigenvalue weighted by Gasteiger charge is 2.57. The summed E-state index contributed by atoms with van der Waals surface area (Å²) in [6.07, 6.45) is 3.52. The fourth-order valence-electron chi connectivity index (χ4n) is 3.02. The Morgan fingerprint density at radius 1 is 1.50 bits per heavy atom. The maximum absolute atomic E-state index is 12.2. The molecule has 1 aromatic heterocycles. The minimum absolute atomic E-state index is 0.0522. The number of pyridine rings is 1. The van der Waals surface area contributed by atoms with E-state index in [0.29, 0.717) is 17.7 Å². The summed E-state index contributed by atoms with van der Waals surface area (Å²) in [7, 11) is 0. The predicted molar refractivity (Wildman–Crippen MR) is 79.8 cm³/mol. The van der Waals surface area contributed by atoms with Gasteiger partial charge in [0.05, 0.1) is 18.1 Å². The quantitative estimate of drug-likeness (QED) is 0.799. The monoisotopic (exact) mass is 320 g/mol. The van der Waals surface area contributed by atoms with E-state index in [1.54, 1.807) is 24.5 Å². The number of hydrogen-bond donors (Lipinski definition) is 2. The zero-order valence-corrected chi connectivity index (χ0v) is 12.8. The van der Waals surface area contributed by atoms with E-state index in [0.717, 1.165) is 4.90 Å². The van der Waals surface area contributed by atoms with Gasteiger partial charge >= 0.3 is 5.97 Å². The standard InChI is InChI=1S/C15H16N2O4S/c1-2-10(18)12-9-7-11(22-8-3-5-16-6-4-8)13(15(20)21)17(9)14(12)19/h3-6,9-10,12,18H,2,7H2,1H3,(H,20,21)/t9-,10?,12+/m1/s1. The van der Waals surface area contributed by atoms with E-state index in [1.165, 1.54) is 16.7 Å². The SMILES string of the molecule is CCC(O)[C@H]1C(=O)N2C(C(=O)O)=C(Sc3ccncc3)C[C@H]12. The number of aliphatic hydroxyl groups is 1. The van der Waals surface area contributed by atoms with Gasteiger partial charge in [-0.3, -0.25) is 9.78 Å². The van der Waals surface area contributed by atoms with Crippen LogP contribution in [-0.2, 0) is 9.59 Å². The number of hydrogen-bond acceptors (Lipinski definition) is 5. The minimum Gasteiger partial charge on any atom is -0.477 e. The van der Waals surface area contributed by atoms with Crippen LogP contribution in [0, 0.1) is 5.92 Å². The highest BCUT2D eigenvalue weighted by molar-refractivity contribution is 8.03. The van der Waals surface area contributed by atoms with Crippen LogP contribution in [0.15, 0.2) is 40.0 Å². The zero-order valence-electron chi connectivity index (χ0n) is 12.0. The van der Waals surface area contributed by atoms with Crippen LogP contribution in [-0.4, -0.2) is 44.1 Å². The largest absolute Gasteiger partial charge is 0.477 e. The molecule has 7 heteroatoms. The molecule has 0 spiro atoms. The van der Waals surface area contributed by atoms with E-state index in [1.807, 2.05) is 6.92 Å². The molecule has 0 saturated carbocycles. The van der Waals surface area contributed by atoms with Gasteiger partial charge in [-0.25, -0.2) is 4.79 Å². The van der Waals surface area contributed by atoms with Crippen molar-refractivity contribution in [1.82, 2.24) is 9.88 Å². The third-order valence-corrected chi connectivity index (χ3v) is 5.21. The first-order valence-electron chi connectivity index (χ1n) is 7.10. The van der Waals surface area contributed by atoms with E-state index >= 15 is 0 Å². The molecule has 3 atom stereocenters. The van der Waals surface area contributed by atoms with Crippen LogP contribution in [0.3, 0.4) is 0 Å². The molecule has 0 radical (unpaired) electrons. The van der Waals surface area contributed by atoms with E-state index in [9.17, 15) is 19.8 Å². The van der Waals surface area contributed by atoms with Gasteiger partial charge in [-0.2, -0.15) is 0 Å². The summed E-state index contributed by atoms with van der Waals surface area (Å²) in [6, 6.07) is 3.36. The average Bonchev–Trinajstić information content (AvgIpc) is 2.83. The molecule has 2 aliphatic heterocycles.